The van der Waals surface area contributed by atoms with Gasteiger partial charge in [0.25, 0.3) is 0 Å². The lowest BCUT2D eigenvalue weighted by Crippen LogP contribution is -2.42. The zero-order valence-electron chi connectivity index (χ0n) is 11.5. The Morgan fingerprint density at radius 1 is 1.29 bits per heavy atom. The number of hydrogen-bond donors (Lipinski definition) is 1. The first-order valence-corrected chi connectivity index (χ1v) is 7.15. The number of benzene rings is 1. The van der Waals surface area contributed by atoms with E-state index in [1.54, 1.807) is 0 Å². The van der Waals surface area contributed by atoms with Crippen molar-refractivity contribution in [3.8, 4) is 0 Å². The lowest BCUT2D eigenvalue weighted by molar-refractivity contribution is 0.276. The molecule has 21 heavy (non-hydrogen) atoms. The van der Waals surface area contributed by atoms with E-state index in [0.29, 0.717) is 5.11 Å². The molecule has 6 heteroatoms. The zero-order valence-corrected chi connectivity index (χ0v) is 12.3. The minimum atomic E-state index is -0.648. The molecule has 1 aromatic heterocycles. The molecule has 110 valence electrons. The average molecular weight is 307 g/mol. The Balaban J connectivity index is 1.77. The predicted molar refractivity (Wildman–Crippen MR) is 82.1 cm³/mol. The topological polar surface area (TPSA) is 20.2 Å². The number of halogens is 2. The van der Waals surface area contributed by atoms with E-state index in [1.807, 2.05) is 17.2 Å². The van der Waals surface area contributed by atoms with Crippen molar-refractivity contribution in [2.75, 3.05) is 11.9 Å². The normalized spacial score (nSPS) is 17.5. The maximum atomic E-state index is 13.7. The van der Waals surface area contributed by atoms with E-state index in [1.165, 1.54) is 17.8 Å². The van der Waals surface area contributed by atoms with Crippen molar-refractivity contribution in [3.63, 3.8) is 0 Å². The maximum Gasteiger partial charge on any atom is 0.174 e. The van der Waals surface area contributed by atoms with Gasteiger partial charge in [-0.3, -0.25) is 0 Å². The Morgan fingerprint density at radius 3 is 2.86 bits per heavy atom. The Bertz CT molecular complexity index is 683. The molecule has 1 aliphatic rings. The summed E-state index contributed by atoms with van der Waals surface area (Å²) in [5, 5.41) is 3.31. The minimum Gasteiger partial charge on any atom is -0.348 e. The molecular formula is C15H15F2N3S. The third-order valence-electron chi connectivity index (χ3n) is 3.78. The highest BCUT2D eigenvalue weighted by Crippen LogP contribution is 2.26. The van der Waals surface area contributed by atoms with Crippen LogP contribution in [0.1, 0.15) is 18.7 Å². The van der Waals surface area contributed by atoms with Gasteiger partial charge < -0.3 is 14.8 Å². The molecule has 0 amide bonds. The number of anilines is 1. The highest BCUT2D eigenvalue weighted by Gasteiger charge is 2.25. The summed E-state index contributed by atoms with van der Waals surface area (Å²) in [6, 6.07) is 7.57. The van der Waals surface area contributed by atoms with E-state index in [0.717, 1.165) is 19.2 Å². The fourth-order valence-corrected chi connectivity index (χ4v) is 2.99. The van der Waals surface area contributed by atoms with Crippen molar-refractivity contribution in [3.05, 3.63) is 53.9 Å². The summed E-state index contributed by atoms with van der Waals surface area (Å²) in [5.41, 5.74) is 1.36. The second-order valence-corrected chi connectivity index (χ2v) is 5.44. The van der Waals surface area contributed by atoms with E-state index in [4.69, 9.17) is 12.2 Å². The van der Waals surface area contributed by atoms with Gasteiger partial charge in [-0.2, -0.15) is 0 Å². The van der Waals surface area contributed by atoms with Gasteiger partial charge in [-0.25, -0.2) is 8.78 Å². The van der Waals surface area contributed by atoms with E-state index in [2.05, 4.69) is 22.9 Å². The third-order valence-corrected chi connectivity index (χ3v) is 4.11. The number of nitrogens with one attached hydrogen (secondary N) is 1. The molecule has 0 aliphatic carbocycles. The summed E-state index contributed by atoms with van der Waals surface area (Å²) in [4.78, 5) is 2.01. The fourth-order valence-electron chi connectivity index (χ4n) is 2.63. The van der Waals surface area contributed by atoms with Gasteiger partial charge in [0.05, 0.1) is 11.7 Å². The Labute approximate surface area is 127 Å². The molecule has 0 saturated heterocycles. The first-order chi connectivity index (χ1) is 10.1. The maximum absolute atomic E-state index is 13.7. The standard InChI is InChI=1S/C15H15F2N3S/c1-10-14-3-2-6-19(14)7-8-20(10)15(21)18-13-5-4-11(16)9-12(13)17/h2-6,9-10H,7-8H2,1H3,(H,18,21). The lowest BCUT2D eigenvalue weighted by Gasteiger charge is -2.36. The van der Waals surface area contributed by atoms with Crippen LogP contribution in [-0.2, 0) is 6.54 Å². The first kappa shape index (κ1) is 14.0. The van der Waals surface area contributed by atoms with Crippen LogP contribution in [0.3, 0.4) is 0 Å². The van der Waals surface area contributed by atoms with Gasteiger partial charge >= 0.3 is 0 Å². The second-order valence-electron chi connectivity index (χ2n) is 5.05. The van der Waals surface area contributed by atoms with Gasteiger partial charge in [0.2, 0.25) is 0 Å². The fraction of sp³-hybridized carbons (Fsp3) is 0.267. The Morgan fingerprint density at radius 2 is 2.10 bits per heavy atom. The van der Waals surface area contributed by atoms with E-state index >= 15 is 0 Å². The molecule has 0 saturated carbocycles. The lowest BCUT2D eigenvalue weighted by atomic mass is 10.1. The molecule has 1 N–H and O–H groups in total. The van der Waals surface area contributed by atoms with Crippen LogP contribution in [0.25, 0.3) is 0 Å². The van der Waals surface area contributed by atoms with E-state index in [9.17, 15) is 8.78 Å². The van der Waals surface area contributed by atoms with Gasteiger partial charge in [0, 0.05) is 31.0 Å². The molecule has 1 aromatic carbocycles. The summed E-state index contributed by atoms with van der Waals surface area (Å²) in [6.45, 7) is 3.64. The molecule has 1 aliphatic heterocycles. The van der Waals surface area contributed by atoms with Crippen LogP contribution in [0.15, 0.2) is 36.5 Å². The average Bonchev–Trinajstić information content (AvgIpc) is 2.91. The van der Waals surface area contributed by atoms with Crippen molar-refractivity contribution < 1.29 is 8.78 Å². The summed E-state index contributed by atoms with van der Waals surface area (Å²) < 4.78 is 28.8. The molecule has 3 rings (SSSR count). The SMILES string of the molecule is CC1c2cccn2CCN1C(=S)Nc1ccc(F)cc1F. The van der Waals surface area contributed by atoms with E-state index in [-0.39, 0.29) is 11.7 Å². The molecule has 0 bridgehead atoms. The van der Waals surface area contributed by atoms with Gasteiger partial charge in [0.1, 0.15) is 11.6 Å². The van der Waals surface area contributed by atoms with Crippen molar-refractivity contribution in [1.29, 1.82) is 0 Å². The summed E-state index contributed by atoms with van der Waals surface area (Å²) in [7, 11) is 0. The predicted octanol–water partition coefficient (Wildman–Crippen LogP) is 3.54. The molecular weight excluding hydrogens is 292 g/mol. The molecule has 2 heterocycles. The summed E-state index contributed by atoms with van der Waals surface area (Å²) in [6.07, 6.45) is 2.04. The number of rotatable bonds is 1. The van der Waals surface area contributed by atoms with Crippen LogP contribution >= 0.6 is 12.2 Å². The zero-order chi connectivity index (χ0) is 15.0. The quantitative estimate of drug-likeness (QED) is 0.814. The molecule has 3 nitrogen and oxygen atoms in total. The molecule has 1 unspecified atom stereocenters. The number of fused-ring (bicyclic) bond motifs is 1. The summed E-state index contributed by atoms with van der Waals surface area (Å²) >= 11 is 5.37. The second kappa shape index (κ2) is 5.44. The Kier molecular flexibility index (Phi) is 3.63. The molecule has 1 atom stereocenters. The van der Waals surface area contributed by atoms with Crippen molar-refractivity contribution >= 4 is 23.0 Å². The van der Waals surface area contributed by atoms with Crippen LogP contribution in [0.4, 0.5) is 14.5 Å². The monoisotopic (exact) mass is 307 g/mol. The molecule has 0 radical (unpaired) electrons. The van der Waals surface area contributed by atoms with E-state index < -0.39 is 11.6 Å². The largest absolute Gasteiger partial charge is 0.348 e. The number of nitrogens with zero attached hydrogens (tertiary/aromatic N) is 2. The van der Waals surface area contributed by atoms with Gasteiger partial charge in [0.15, 0.2) is 5.11 Å². The molecule has 2 aromatic rings. The van der Waals surface area contributed by atoms with Crippen molar-refractivity contribution in [2.24, 2.45) is 0 Å². The molecule has 0 spiro atoms. The first-order valence-electron chi connectivity index (χ1n) is 6.74. The number of thiocarbonyl (C=S) groups is 1. The van der Waals surface area contributed by atoms with Crippen molar-refractivity contribution in [1.82, 2.24) is 9.47 Å². The third kappa shape index (κ3) is 2.63. The van der Waals surface area contributed by atoms with Crippen LogP contribution < -0.4 is 5.32 Å². The molecule has 0 fully saturated rings. The van der Waals surface area contributed by atoms with Gasteiger partial charge in [-0.1, -0.05) is 0 Å². The highest BCUT2D eigenvalue weighted by molar-refractivity contribution is 7.80. The minimum absolute atomic E-state index is 0.109. The van der Waals surface area contributed by atoms with Crippen LogP contribution in [0.5, 0.6) is 0 Å². The number of aromatic nitrogens is 1. The smallest absolute Gasteiger partial charge is 0.174 e. The van der Waals surface area contributed by atoms with Crippen LogP contribution in [0.2, 0.25) is 0 Å². The highest BCUT2D eigenvalue weighted by atomic mass is 32.1. The van der Waals surface area contributed by atoms with Crippen molar-refractivity contribution in [2.45, 2.75) is 19.5 Å². The van der Waals surface area contributed by atoms with Crippen LogP contribution in [-0.4, -0.2) is 21.1 Å². The summed E-state index contributed by atoms with van der Waals surface area (Å²) in [5.74, 6) is -1.25. The Hall–Kier alpha value is -1.95. The van der Waals surface area contributed by atoms with Gasteiger partial charge in [-0.15, -0.1) is 0 Å². The van der Waals surface area contributed by atoms with Gasteiger partial charge in [-0.05, 0) is 43.4 Å². The number of hydrogen-bond acceptors (Lipinski definition) is 1. The van der Waals surface area contributed by atoms with Crippen LogP contribution in [0, 0.1) is 11.6 Å².